The van der Waals surface area contributed by atoms with Gasteiger partial charge in [0.25, 0.3) is 0 Å². The number of rotatable bonds is 0. The van der Waals surface area contributed by atoms with Gasteiger partial charge < -0.3 is 10.1 Å². The second-order valence-corrected chi connectivity index (χ2v) is 5.19. The first kappa shape index (κ1) is 11.4. The average molecular weight is 211 g/mol. The minimum atomic E-state index is 0.431. The lowest BCUT2D eigenvalue weighted by Crippen LogP contribution is -2.45. The third-order valence-corrected chi connectivity index (χ3v) is 4.03. The lowest BCUT2D eigenvalue weighted by Gasteiger charge is -2.33. The SMILES string of the molecule is C1CCCCC2(CCC1)CCOCCN2. The summed E-state index contributed by atoms with van der Waals surface area (Å²) in [6.45, 7) is 2.93. The van der Waals surface area contributed by atoms with Gasteiger partial charge in [0.15, 0.2) is 0 Å². The zero-order valence-electron chi connectivity index (χ0n) is 9.89. The molecule has 1 saturated heterocycles. The quantitative estimate of drug-likeness (QED) is 0.665. The van der Waals surface area contributed by atoms with Crippen molar-refractivity contribution in [2.75, 3.05) is 19.8 Å². The van der Waals surface area contributed by atoms with Crippen molar-refractivity contribution >= 4 is 0 Å². The fourth-order valence-electron chi connectivity index (χ4n) is 3.03. The molecule has 1 heterocycles. The van der Waals surface area contributed by atoms with E-state index in [4.69, 9.17) is 4.74 Å². The van der Waals surface area contributed by atoms with Gasteiger partial charge in [-0.25, -0.2) is 0 Å². The minimum absolute atomic E-state index is 0.431. The molecule has 2 rings (SSSR count). The Balaban J connectivity index is 1.93. The molecular weight excluding hydrogens is 186 g/mol. The van der Waals surface area contributed by atoms with E-state index in [0.717, 1.165) is 19.8 Å². The van der Waals surface area contributed by atoms with Gasteiger partial charge in [0.05, 0.1) is 6.61 Å². The summed E-state index contributed by atoms with van der Waals surface area (Å²) in [5, 5.41) is 3.77. The van der Waals surface area contributed by atoms with Crippen molar-refractivity contribution in [2.24, 2.45) is 0 Å². The first-order valence-electron chi connectivity index (χ1n) is 6.74. The van der Waals surface area contributed by atoms with Crippen LogP contribution < -0.4 is 5.32 Å². The van der Waals surface area contributed by atoms with Crippen LogP contribution in [-0.2, 0) is 4.74 Å². The standard InChI is InChI=1S/C13H25NO/c1-2-4-6-8-13(7-5-3-1)9-11-15-12-10-14-13/h14H,1-12H2. The molecule has 1 aliphatic heterocycles. The maximum Gasteiger partial charge on any atom is 0.0591 e. The Morgan fingerprint density at radius 3 is 2.13 bits per heavy atom. The summed E-state index contributed by atoms with van der Waals surface area (Å²) in [7, 11) is 0. The molecule has 88 valence electrons. The first-order valence-corrected chi connectivity index (χ1v) is 6.74. The van der Waals surface area contributed by atoms with Crippen molar-refractivity contribution in [3.8, 4) is 0 Å². The highest BCUT2D eigenvalue weighted by Crippen LogP contribution is 2.29. The average Bonchev–Trinajstić information content (AvgIpc) is 2.40. The van der Waals surface area contributed by atoms with Gasteiger partial charge in [0.1, 0.15) is 0 Å². The van der Waals surface area contributed by atoms with Crippen LogP contribution in [0.1, 0.15) is 57.8 Å². The minimum Gasteiger partial charge on any atom is -0.380 e. The second-order valence-electron chi connectivity index (χ2n) is 5.19. The molecule has 2 fully saturated rings. The Bertz CT molecular complexity index is 161. The maximum atomic E-state index is 5.56. The van der Waals surface area contributed by atoms with Crippen molar-refractivity contribution in [3.05, 3.63) is 0 Å². The van der Waals surface area contributed by atoms with Gasteiger partial charge in [-0.2, -0.15) is 0 Å². The molecule has 0 aromatic heterocycles. The van der Waals surface area contributed by atoms with Crippen LogP contribution in [0.4, 0.5) is 0 Å². The van der Waals surface area contributed by atoms with Crippen LogP contribution in [0, 0.1) is 0 Å². The van der Waals surface area contributed by atoms with Crippen LogP contribution in [0.25, 0.3) is 0 Å². The van der Waals surface area contributed by atoms with Gasteiger partial charge in [-0.3, -0.25) is 0 Å². The van der Waals surface area contributed by atoms with Gasteiger partial charge in [-0.1, -0.05) is 38.5 Å². The molecule has 1 N–H and O–H groups in total. The fraction of sp³-hybridized carbons (Fsp3) is 1.00. The van der Waals surface area contributed by atoms with E-state index in [0.29, 0.717) is 5.54 Å². The normalized spacial score (nSPS) is 28.8. The van der Waals surface area contributed by atoms with Crippen LogP contribution in [-0.4, -0.2) is 25.3 Å². The van der Waals surface area contributed by atoms with E-state index in [1.165, 1.54) is 57.8 Å². The van der Waals surface area contributed by atoms with E-state index in [9.17, 15) is 0 Å². The Labute approximate surface area is 93.8 Å². The third kappa shape index (κ3) is 3.46. The summed E-state index contributed by atoms with van der Waals surface area (Å²) in [5.74, 6) is 0. The number of hydrogen-bond acceptors (Lipinski definition) is 2. The molecule has 1 spiro atoms. The predicted octanol–water partition coefficient (Wildman–Crippen LogP) is 2.87. The third-order valence-electron chi connectivity index (χ3n) is 4.03. The highest BCUT2D eigenvalue weighted by atomic mass is 16.5. The highest BCUT2D eigenvalue weighted by molar-refractivity contribution is 4.89. The van der Waals surface area contributed by atoms with E-state index in [-0.39, 0.29) is 0 Å². The van der Waals surface area contributed by atoms with E-state index in [1.54, 1.807) is 0 Å². The number of hydrogen-bond donors (Lipinski definition) is 1. The molecule has 1 aliphatic carbocycles. The van der Waals surface area contributed by atoms with Crippen molar-refractivity contribution in [3.63, 3.8) is 0 Å². The summed E-state index contributed by atoms with van der Waals surface area (Å²) < 4.78 is 5.56. The summed E-state index contributed by atoms with van der Waals surface area (Å²) in [4.78, 5) is 0. The molecule has 0 atom stereocenters. The Hall–Kier alpha value is -0.0800. The van der Waals surface area contributed by atoms with Gasteiger partial charge in [0.2, 0.25) is 0 Å². The maximum absolute atomic E-state index is 5.56. The number of nitrogens with one attached hydrogen (secondary N) is 1. The van der Waals surface area contributed by atoms with Crippen LogP contribution in [0.15, 0.2) is 0 Å². The van der Waals surface area contributed by atoms with Gasteiger partial charge in [0, 0.05) is 18.7 Å². The molecule has 15 heavy (non-hydrogen) atoms. The summed E-state index contributed by atoms with van der Waals surface area (Å²) in [6.07, 6.45) is 12.6. The van der Waals surface area contributed by atoms with Gasteiger partial charge >= 0.3 is 0 Å². The molecule has 0 unspecified atom stereocenters. The Kier molecular flexibility index (Phi) is 4.45. The summed E-state index contributed by atoms with van der Waals surface area (Å²) in [6, 6.07) is 0. The zero-order valence-corrected chi connectivity index (χ0v) is 9.89. The molecule has 2 aliphatic rings. The molecule has 2 nitrogen and oxygen atoms in total. The molecule has 1 saturated carbocycles. The highest BCUT2D eigenvalue weighted by Gasteiger charge is 2.29. The Morgan fingerprint density at radius 1 is 0.733 bits per heavy atom. The number of ether oxygens (including phenoxy) is 1. The summed E-state index contributed by atoms with van der Waals surface area (Å²) >= 11 is 0. The van der Waals surface area contributed by atoms with Crippen LogP contribution in [0.3, 0.4) is 0 Å². The van der Waals surface area contributed by atoms with E-state index >= 15 is 0 Å². The smallest absolute Gasteiger partial charge is 0.0591 e. The lowest BCUT2D eigenvalue weighted by molar-refractivity contribution is 0.142. The topological polar surface area (TPSA) is 21.3 Å². The van der Waals surface area contributed by atoms with Crippen molar-refractivity contribution in [2.45, 2.75) is 63.3 Å². The molecule has 0 aromatic carbocycles. The fourth-order valence-corrected chi connectivity index (χ4v) is 3.03. The lowest BCUT2D eigenvalue weighted by atomic mass is 9.85. The molecule has 0 amide bonds. The second kappa shape index (κ2) is 5.86. The largest absolute Gasteiger partial charge is 0.380 e. The zero-order chi connectivity index (χ0) is 10.4. The Morgan fingerprint density at radius 2 is 1.40 bits per heavy atom. The molecule has 2 heteroatoms. The van der Waals surface area contributed by atoms with Crippen molar-refractivity contribution in [1.82, 2.24) is 5.32 Å². The first-order chi connectivity index (χ1) is 7.41. The van der Waals surface area contributed by atoms with Crippen molar-refractivity contribution in [1.29, 1.82) is 0 Å². The van der Waals surface area contributed by atoms with E-state index < -0.39 is 0 Å². The van der Waals surface area contributed by atoms with Crippen LogP contribution in [0.5, 0.6) is 0 Å². The molecule has 0 radical (unpaired) electrons. The monoisotopic (exact) mass is 211 g/mol. The summed E-state index contributed by atoms with van der Waals surface area (Å²) in [5.41, 5.74) is 0.431. The predicted molar refractivity (Wildman–Crippen MR) is 63.1 cm³/mol. The van der Waals surface area contributed by atoms with E-state index in [2.05, 4.69) is 5.32 Å². The van der Waals surface area contributed by atoms with Gasteiger partial charge in [-0.05, 0) is 19.3 Å². The van der Waals surface area contributed by atoms with Gasteiger partial charge in [-0.15, -0.1) is 0 Å². The van der Waals surface area contributed by atoms with E-state index in [1.807, 2.05) is 0 Å². The molecular formula is C13H25NO. The molecule has 0 aromatic rings. The van der Waals surface area contributed by atoms with Crippen LogP contribution in [0.2, 0.25) is 0 Å². The molecule has 0 bridgehead atoms. The van der Waals surface area contributed by atoms with Crippen molar-refractivity contribution < 1.29 is 4.74 Å². The van der Waals surface area contributed by atoms with Crippen LogP contribution >= 0.6 is 0 Å².